The van der Waals surface area contributed by atoms with Crippen molar-refractivity contribution in [3.8, 4) is 0 Å². The average Bonchev–Trinajstić information content (AvgIpc) is 3.12. The van der Waals surface area contributed by atoms with Crippen molar-refractivity contribution >= 4 is 22.8 Å². The molecule has 2 amide bonds. The molecule has 168 valence electrons. The fourth-order valence-electron chi connectivity index (χ4n) is 3.66. The number of amides is 2. The van der Waals surface area contributed by atoms with Crippen molar-refractivity contribution in [2.75, 3.05) is 6.54 Å². The first-order valence-corrected chi connectivity index (χ1v) is 11.1. The quantitative estimate of drug-likeness (QED) is 0.387. The molecule has 0 saturated heterocycles. The van der Waals surface area contributed by atoms with Crippen LogP contribution >= 0.6 is 0 Å². The van der Waals surface area contributed by atoms with Gasteiger partial charge in [0.1, 0.15) is 12.4 Å². The third kappa shape index (κ3) is 5.84. The lowest BCUT2D eigenvalue weighted by Gasteiger charge is -2.27. The maximum absolute atomic E-state index is 13.4. The minimum atomic E-state index is -0.137. The normalized spacial score (nSPS) is 11.0. The number of carbonyl (C=O) groups is 2. The van der Waals surface area contributed by atoms with Crippen LogP contribution in [0, 0.1) is 0 Å². The lowest BCUT2D eigenvalue weighted by molar-refractivity contribution is -0.134. The summed E-state index contributed by atoms with van der Waals surface area (Å²) in [6.45, 7) is 10.8. The Morgan fingerprint density at radius 2 is 1.78 bits per heavy atom. The molecule has 0 aliphatic heterocycles. The van der Waals surface area contributed by atoms with Gasteiger partial charge in [-0.15, -0.1) is 0 Å². The van der Waals surface area contributed by atoms with Crippen molar-refractivity contribution < 1.29 is 9.59 Å². The molecule has 1 aromatic heterocycles. The van der Waals surface area contributed by atoms with E-state index in [1.54, 1.807) is 6.92 Å². The SMILES string of the molecule is C=C(C)C(=O)NCCCc1nc2ccccc2n1CC(=O)N(Cc1ccccc1)C(C)C. The third-order valence-electron chi connectivity index (χ3n) is 5.42. The van der Waals surface area contributed by atoms with Crippen LogP contribution < -0.4 is 5.32 Å². The number of hydrogen-bond donors (Lipinski definition) is 1. The van der Waals surface area contributed by atoms with E-state index in [0.29, 0.717) is 25.1 Å². The number of para-hydroxylation sites is 2. The van der Waals surface area contributed by atoms with Gasteiger partial charge in [0.15, 0.2) is 0 Å². The van der Waals surface area contributed by atoms with Crippen molar-refractivity contribution in [2.45, 2.75) is 52.7 Å². The van der Waals surface area contributed by atoms with E-state index in [4.69, 9.17) is 4.98 Å². The first kappa shape index (κ1) is 23.3. The van der Waals surface area contributed by atoms with Crippen LogP contribution in [0.5, 0.6) is 0 Å². The smallest absolute Gasteiger partial charge is 0.246 e. The van der Waals surface area contributed by atoms with E-state index in [2.05, 4.69) is 11.9 Å². The summed E-state index contributed by atoms with van der Waals surface area (Å²) in [5.41, 5.74) is 3.43. The zero-order valence-corrected chi connectivity index (χ0v) is 19.2. The van der Waals surface area contributed by atoms with E-state index in [-0.39, 0.29) is 24.4 Å². The molecule has 1 heterocycles. The summed E-state index contributed by atoms with van der Waals surface area (Å²) < 4.78 is 2.01. The van der Waals surface area contributed by atoms with Crippen LogP contribution in [-0.4, -0.2) is 38.9 Å². The van der Waals surface area contributed by atoms with Crippen molar-refractivity contribution in [3.05, 3.63) is 78.1 Å². The summed E-state index contributed by atoms with van der Waals surface area (Å²) in [6, 6.07) is 18.0. The molecular weight excluding hydrogens is 400 g/mol. The van der Waals surface area contributed by atoms with Crippen LogP contribution in [0.4, 0.5) is 0 Å². The highest BCUT2D eigenvalue weighted by Crippen LogP contribution is 2.19. The van der Waals surface area contributed by atoms with Gasteiger partial charge in [-0.25, -0.2) is 4.98 Å². The van der Waals surface area contributed by atoms with E-state index in [1.165, 1.54) is 0 Å². The molecule has 0 fully saturated rings. The molecule has 0 unspecified atom stereocenters. The second kappa shape index (κ2) is 10.8. The topological polar surface area (TPSA) is 67.2 Å². The fraction of sp³-hybridized carbons (Fsp3) is 0.346. The largest absolute Gasteiger partial charge is 0.352 e. The van der Waals surface area contributed by atoms with Gasteiger partial charge in [0.25, 0.3) is 0 Å². The Kier molecular flexibility index (Phi) is 7.82. The predicted molar refractivity (Wildman–Crippen MR) is 128 cm³/mol. The fourth-order valence-corrected chi connectivity index (χ4v) is 3.66. The number of carbonyl (C=O) groups excluding carboxylic acids is 2. The van der Waals surface area contributed by atoms with Crippen molar-refractivity contribution in [2.24, 2.45) is 0 Å². The summed E-state index contributed by atoms with van der Waals surface area (Å²) in [4.78, 5) is 31.7. The van der Waals surface area contributed by atoms with Crippen LogP contribution in [-0.2, 0) is 29.1 Å². The maximum atomic E-state index is 13.4. The van der Waals surface area contributed by atoms with Crippen molar-refractivity contribution in [3.63, 3.8) is 0 Å². The molecule has 3 rings (SSSR count). The molecule has 0 bridgehead atoms. The van der Waals surface area contributed by atoms with Crippen LogP contribution in [0.3, 0.4) is 0 Å². The van der Waals surface area contributed by atoms with Gasteiger partial charge in [0.2, 0.25) is 11.8 Å². The number of nitrogens with zero attached hydrogens (tertiary/aromatic N) is 3. The highest BCUT2D eigenvalue weighted by atomic mass is 16.2. The van der Waals surface area contributed by atoms with E-state index in [1.807, 2.05) is 77.9 Å². The molecule has 6 nitrogen and oxygen atoms in total. The molecule has 0 saturated carbocycles. The van der Waals surface area contributed by atoms with Crippen LogP contribution in [0.2, 0.25) is 0 Å². The molecule has 6 heteroatoms. The number of hydrogen-bond acceptors (Lipinski definition) is 3. The van der Waals surface area contributed by atoms with E-state index in [0.717, 1.165) is 28.8 Å². The van der Waals surface area contributed by atoms with Crippen molar-refractivity contribution in [1.82, 2.24) is 19.8 Å². The highest BCUT2D eigenvalue weighted by molar-refractivity contribution is 5.92. The molecule has 2 aromatic carbocycles. The maximum Gasteiger partial charge on any atom is 0.246 e. The van der Waals surface area contributed by atoms with Gasteiger partial charge >= 0.3 is 0 Å². The predicted octanol–water partition coefficient (Wildman–Crippen LogP) is 4.10. The molecule has 1 N–H and O–H groups in total. The van der Waals surface area contributed by atoms with Crippen LogP contribution in [0.25, 0.3) is 11.0 Å². The summed E-state index contributed by atoms with van der Waals surface area (Å²) in [5, 5.41) is 2.86. The lowest BCUT2D eigenvalue weighted by atomic mass is 10.2. The zero-order valence-electron chi connectivity index (χ0n) is 19.2. The number of imidazole rings is 1. The Morgan fingerprint density at radius 1 is 1.09 bits per heavy atom. The Morgan fingerprint density at radius 3 is 2.47 bits per heavy atom. The van der Waals surface area contributed by atoms with Crippen LogP contribution in [0.15, 0.2) is 66.7 Å². The molecule has 0 atom stereocenters. The minimum absolute atomic E-state index is 0.0591. The highest BCUT2D eigenvalue weighted by Gasteiger charge is 2.20. The monoisotopic (exact) mass is 432 g/mol. The average molecular weight is 433 g/mol. The number of aryl methyl sites for hydroxylation is 1. The first-order valence-electron chi connectivity index (χ1n) is 11.1. The molecule has 0 aliphatic carbocycles. The van der Waals surface area contributed by atoms with Crippen LogP contribution in [0.1, 0.15) is 38.6 Å². The summed E-state index contributed by atoms with van der Waals surface area (Å²) in [7, 11) is 0. The van der Waals surface area contributed by atoms with Gasteiger partial charge in [-0.1, -0.05) is 49.0 Å². The lowest BCUT2D eigenvalue weighted by Crippen LogP contribution is -2.38. The molecule has 0 aliphatic rings. The van der Waals surface area contributed by atoms with Gasteiger partial charge < -0.3 is 14.8 Å². The Labute approximate surface area is 189 Å². The molecule has 0 spiro atoms. The van der Waals surface area contributed by atoms with Gasteiger partial charge in [-0.05, 0) is 44.9 Å². The summed E-state index contributed by atoms with van der Waals surface area (Å²) in [5.74, 6) is 0.776. The third-order valence-corrected chi connectivity index (χ3v) is 5.42. The minimum Gasteiger partial charge on any atom is -0.352 e. The zero-order chi connectivity index (χ0) is 23.1. The first-order chi connectivity index (χ1) is 15.4. The Balaban J connectivity index is 1.77. The van der Waals surface area contributed by atoms with Gasteiger partial charge in [-0.2, -0.15) is 0 Å². The molecule has 32 heavy (non-hydrogen) atoms. The summed E-state index contributed by atoms with van der Waals surface area (Å²) in [6.07, 6.45) is 1.40. The number of aromatic nitrogens is 2. The molecule has 3 aromatic rings. The number of benzene rings is 2. The van der Waals surface area contributed by atoms with Gasteiger partial charge in [0.05, 0.1) is 11.0 Å². The van der Waals surface area contributed by atoms with E-state index in [9.17, 15) is 9.59 Å². The second-order valence-corrected chi connectivity index (χ2v) is 8.34. The second-order valence-electron chi connectivity index (χ2n) is 8.34. The van der Waals surface area contributed by atoms with E-state index >= 15 is 0 Å². The number of rotatable bonds is 10. The standard InChI is InChI=1S/C26H32N4O2/c1-19(2)26(32)27-16-10-15-24-28-22-13-8-9-14-23(22)30(24)18-25(31)29(20(3)4)17-21-11-6-5-7-12-21/h5-9,11-14,20H,1,10,15-18H2,2-4H3,(H,27,32). The number of fused-ring (bicyclic) bond motifs is 1. The molecular formula is C26H32N4O2. The Bertz CT molecular complexity index is 1090. The van der Waals surface area contributed by atoms with Gasteiger partial charge in [0, 0.05) is 31.1 Å². The summed E-state index contributed by atoms with van der Waals surface area (Å²) >= 11 is 0. The van der Waals surface area contributed by atoms with Gasteiger partial charge in [-0.3, -0.25) is 9.59 Å². The van der Waals surface area contributed by atoms with Crippen molar-refractivity contribution in [1.29, 1.82) is 0 Å². The molecule has 0 radical (unpaired) electrons. The van der Waals surface area contributed by atoms with E-state index < -0.39 is 0 Å². The number of nitrogens with one attached hydrogen (secondary N) is 1. The Hall–Kier alpha value is -3.41.